The van der Waals surface area contributed by atoms with Crippen LogP contribution < -0.4 is 20.1 Å². The van der Waals surface area contributed by atoms with E-state index in [-0.39, 0.29) is 41.5 Å². The number of nitrogens with one attached hydrogen (secondary N) is 2. The Morgan fingerprint density at radius 3 is 2.15 bits per heavy atom. The second-order valence-electron chi connectivity index (χ2n) is 13.8. The maximum absolute atomic E-state index is 13.2. The highest BCUT2D eigenvalue weighted by atomic mass is 35.5. The van der Waals surface area contributed by atoms with Gasteiger partial charge in [-0.2, -0.15) is 10.2 Å². The van der Waals surface area contributed by atoms with Gasteiger partial charge in [-0.05, 0) is 60.0 Å². The average Bonchev–Trinajstić information content (AvgIpc) is 3.74. The van der Waals surface area contributed by atoms with E-state index < -0.39 is 29.7 Å². The van der Waals surface area contributed by atoms with E-state index in [0.29, 0.717) is 28.0 Å². The van der Waals surface area contributed by atoms with Gasteiger partial charge in [-0.1, -0.05) is 49.7 Å². The van der Waals surface area contributed by atoms with Crippen molar-refractivity contribution in [1.82, 2.24) is 30.2 Å². The number of anilines is 1. The Kier molecular flexibility index (Phi) is 8.65. The fourth-order valence-electron chi connectivity index (χ4n) is 6.90. The maximum atomic E-state index is 13.2. The molecule has 4 amide bonds. The minimum atomic E-state index is -0.991. The molecular formula is C39H34ClN7O6. The summed E-state index contributed by atoms with van der Waals surface area (Å²) in [4.78, 5) is 56.7. The van der Waals surface area contributed by atoms with E-state index in [1.54, 1.807) is 42.9 Å². The predicted molar refractivity (Wildman–Crippen MR) is 193 cm³/mol. The third-order valence-corrected chi connectivity index (χ3v) is 10.3. The van der Waals surface area contributed by atoms with Crippen molar-refractivity contribution >= 4 is 40.9 Å². The number of carbonyl (C=O) groups excluding carboxylic acids is 4. The van der Waals surface area contributed by atoms with Crippen molar-refractivity contribution in [2.45, 2.75) is 63.1 Å². The van der Waals surface area contributed by atoms with Gasteiger partial charge in [-0.25, -0.2) is 4.98 Å². The Balaban J connectivity index is 0.836. The number of imide groups is 2. The maximum Gasteiger partial charge on any atom is 0.262 e. The van der Waals surface area contributed by atoms with Gasteiger partial charge in [0.15, 0.2) is 5.82 Å². The molecule has 1 atom stereocenters. The van der Waals surface area contributed by atoms with E-state index in [1.807, 2.05) is 36.4 Å². The van der Waals surface area contributed by atoms with Gasteiger partial charge in [0, 0.05) is 42.5 Å². The molecule has 2 aliphatic heterocycles. The van der Waals surface area contributed by atoms with Gasteiger partial charge in [0.2, 0.25) is 11.8 Å². The lowest BCUT2D eigenvalue weighted by Gasteiger charge is -2.36. The zero-order valence-electron chi connectivity index (χ0n) is 28.8. The predicted octanol–water partition coefficient (Wildman–Crippen LogP) is 5.86. The Bertz CT molecular complexity index is 2240. The molecule has 1 saturated carbocycles. The molecule has 0 spiro atoms. The first kappa shape index (κ1) is 34.0. The Labute approximate surface area is 309 Å². The van der Waals surface area contributed by atoms with Crippen molar-refractivity contribution in [2.24, 2.45) is 0 Å². The Morgan fingerprint density at radius 2 is 1.49 bits per heavy atom. The van der Waals surface area contributed by atoms with Crippen LogP contribution in [-0.4, -0.2) is 66.7 Å². The summed E-state index contributed by atoms with van der Waals surface area (Å²) in [6.45, 7) is 4.34. The zero-order valence-corrected chi connectivity index (χ0v) is 29.5. The molecule has 268 valence electrons. The van der Waals surface area contributed by atoms with Crippen LogP contribution in [0, 0.1) is 0 Å². The van der Waals surface area contributed by atoms with E-state index in [4.69, 9.17) is 21.1 Å². The van der Waals surface area contributed by atoms with Gasteiger partial charge < -0.3 is 14.8 Å². The van der Waals surface area contributed by atoms with E-state index >= 15 is 0 Å². The molecule has 5 aromatic rings. The summed E-state index contributed by atoms with van der Waals surface area (Å²) in [6.07, 6.45) is 6.44. The number of halogens is 1. The molecule has 0 radical (unpaired) electrons. The number of hydrogen-bond acceptors (Lipinski definition) is 10. The molecule has 13 nitrogen and oxygen atoms in total. The average molecular weight is 732 g/mol. The molecule has 1 aliphatic carbocycles. The molecule has 2 aromatic heterocycles. The van der Waals surface area contributed by atoms with E-state index in [9.17, 15) is 19.2 Å². The van der Waals surface area contributed by atoms with Crippen LogP contribution in [0.25, 0.3) is 5.82 Å². The SMILES string of the molecule is CC(C)(c1ccc(Oc2cnc(-n3nccn3)c(Cl)c2)cc1)c1ccc(OC2CC(Nc3ccc4c(c3)C(=O)N(C3CCC(=O)NC3=O)C4=O)C2)cc1. The number of hydrogen-bond donors (Lipinski definition) is 2. The quantitative estimate of drug-likeness (QED) is 0.167. The van der Waals surface area contributed by atoms with Crippen LogP contribution >= 0.6 is 11.6 Å². The number of fused-ring (bicyclic) bond motifs is 1. The summed E-state index contributed by atoms with van der Waals surface area (Å²) < 4.78 is 12.3. The standard InChI is InChI=1S/C39H34ClN7O6/c1-39(2,23-5-10-27(11-6-23)53-29-20-32(40)35(41-21-29)47-42-15-16-43-47)22-3-8-26(9-4-22)52-28-17-25(18-28)44-24-7-12-30-31(19-24)38(51)46(37(30)50)33-13-14-34(48)45-36(33)49/h3-12,15-16,19-21,25,28,33,44H,13-14,17-18H2,1-2H3,(H,45,48,49). The minimum Gasteiger partial charge on any atom is -0.490 e. The lowest BCUT2D eigenvalue weighted by Crippen LogP contribution is -2.54. The van der Waals surface area contributed by atoms with Crippen molar-refractivity contribution in [1.29, 1.82) is 0 Å². The fourth-order valence-corrected chi connectivity index (χ4v) is 7.13. The van der Waals surface area contributed by atoms with Crippen molar-refractivity contribution in [2.75, 3.05) is 5.32 Å². The summed E-state index contributed by atoms with van der Waals surface area (Å²) >= 11 is 6.39. The highest BCUT2D eigenvalue weighted by Gasteiger charge is 2.45. The van der Waals surface area contributed by atoms with Crippen LogP contribution in [0.5, 0.6) is 17.2 Å². The number of benzene rings is 3. The number of ether oxygens (including phenoxy) is 2. The van der Waals surface area contributed by atoms with Crippen LogP contribution in [0.2, 0.25) is 5.02 Å². The number of rotatable bonds is 10. The van der Waals surface area contributed by atoms with Crippen molar-refractivity contribution in [3.8, 4) is 23.1 Å². The number of pyridine rings is 1. The molecule has 2 fully saturated rings. The topological polar surface area (TPSA) is 158 Å². The summed E-state index contributed by atoms with van der Waals surface area (Å²) in [7, 11) is 0. The largest absolute Gasteiger partial charge is 0.490 e. The smallest absolute Gasteiger partial charge is 0.262 e. The molecule has 4 heterocycles. The molecule has 1 unspecified atom stereocenters. The normalized spacial score (nSPS) is 19.8. The molecular weight excluding hydrogens is 698 g/mol. The first-order valence-electron chi connectivity index (χ1n) is 17.2. The van der Waals surface area contributed by atoms with Gasteiger partial charge >= 0.3 is 0 Å². The van der Waals surface area contributed by atoms with Crippen molar-refractivity contribution < 1.29 is 28.7 Å². The lowest BCUT2D eigenvalue weighted by molar-refractivity contribution is -0.136. The van der Waals surface area contributed by atoms with Crippen molar-refractivity contribution in [3.05, 3.63) is 119 Å². The monoisotopic (exact) mass is 731 g/mol. The summed E-state index contributed by atoms with van der Waals surface area (Å²) in [5, 5.41) is 14.1. The first-order chi connectivity index (χ1) is 25.5. The van der Waals surface area contributed by atoms with Crippen LogP contribution in [0.3, 0.4) is 0 Å². The lowest BCUT2D eigenvalue weighted by atomic mass is 9.78. The van der Waals surface area contributed by atoms with E-state index in [2.05, 4.69) is 51.8 Å². The molecule has 8 rings (SSSR count). The number of nitrogens with zero attached hydrogens (tertiary/aromatic N) is 5. The van der Waals surface area contributed by atoms with E-state index in [0.717, 1.165) is 34.6 Å². The highest BCUT2D eigenvalue weighted by Crippen LogP contribution is 2.36. The number of amides is 4. The molecule has 1 saturated heterocycles. The molecule has 0 bridgehead atoms. The molecule has 3 aliphatic rings. The van der Waals surface area contributed by atoms with Crippen LogP contribution in [0.15, 0.2) is 91.4 Å². The van der Waals surface area contributed by atoms with E-state index in [1.165, 1.54) is 4.80 Å². The highest BCUT2D eigenvalue weighted by molar-refractivity contribution is 6.32. The third-order valence-electron chi connectivity index (χ3n) is 10.0. The first-order valence-corrected chi connectivity index (χ1v) is 17.6. The van der Waals surface area contributed by atoms with Crippen LogP contribution in [0.1, 0.15) is 71.4 Å². The number of carbonyl (C=O) groups is 4. The van der Waals surface area contributed by atoms with Crippen molar-refractivity contribution in [3.63, 3.8) is 0 Å². The summed E-state index contributed by atoms with van der Waals surface area (Å²) in [6, 6.07) is 21.9. The Hall–Kier alpha value is -6.08. The molecule has 2 N–H and O–H groups in total. The molecule has 14 heteroatoms. The van der Waals surface area contributed by atoms with Gasteiger partial charge in [-0.15, -0.1) is 4.80 Å². The number of piperidine rings is 1. The summed E-state index contributed by atoms with van der Waals surface area (Å²) in [5.41, 5.74) is 3.17. The van der Waals surface area contributed by atoms with Gasteiger partial charge in [0.1, 0.15) is 29.4 Å². The third kappa shape index (κ3) is 6.59. The zero-order chi connectivity index (χ0) is 36.9. The van der Waals surface area contributed by atoms with Crippen LogP contribution in [0.4, 0.5) is 5.69 Å². The fraction of sp³-hybridized carbons (Fsp3) is 0.256. The second-order valence-corrected chi connectivity index (χ2v) is 14.2. The second kappa shape index (κ2) is 13.5. The molecule has 3 aromatic carbocycles. The van der Waals surface area contributed by atoms with Crippen LogP contribution in [-0.2, 0) is 15.0 Å². The minimum absolute atomic E-state index is 0.0306. The Morgan fingerprint density at radius 1 is 0.830 bits per heavy atom. The molecule has 53 heavy (non-hydrogen) atoms. The van der Waals surface area contributed by atoms with Gasteiger partial charge in [0.05, 0.1) is 34.7 Å². The summed E-state index contributed by atoms with van der Waals surface area (Å²) in [5.74, 6) is 0.278. The van der Waals surface area contributed by atoms with Gasteiger partial charge in [-0.3, -0.25) is 29.4 Å². The van der Waals surface area contributed by atoms with Gasteiger partial charge in [0.25, 0.3) is 11.8 Å². The number of aromatic nitrogens is 4.